The van der Waals surface area contributed by atoms with E-state index in [1.54, 1.807) is 24.3 Å². The second-order valence-corrected chi connectivity index (χ2v) is 8.30. The molecule has 0 radical (unpaired) electrons. The first-order chi connectivity index (χ1) is 14.4. The highest BCUT2D eigenvalue weighted by atomic mass is 32.2. The standard InChI is InChI=1S/C22H28N2O5S/c1-5-7-12-23-30(26,27)19-11-8-10-18(15-19)24-22(25)17-13-16(9-6-2)21(29-4)20(14-17)28-3/h6,8-11,13-15,23H,5,7,12H2,1-4H3,(H,24,25)/b9-6+. The first-order valence-electron chi connectivity index (χ1n) is 9.66. The molecular formula is C22H28N2O5S. The normalized spacial score (nSPS) is 11.5. The number of benzene rings is 2. The molecule has 0 aliphatic carbocycles. The first-order valence-corrected chi connectivity index (χ1v) is 11.1. The number of ether oxygens (including phenoxy) is 2. The maximum absolute atomic E-state index is 12.8. The molecule has 0 aliphatic rings. The highest BCUT2D eigenvalue weighted by Gasteiger charge is 2.17. The number of anilines is 1. The van der Waals surface area contributed by atoms with E-state index in [1.807, 2.05) is 26.0 Å². The quantitative estimate of drug-likeness (QED) is 0.552. The number of carbonyl (C=O) groups is 1. The Morgan fingerprint density at radius 3 is 2.53 bits per heavy atom. The summed E-state index contributed by atoms with van der Waals surface area (Å²) in [6.45, 7) is 4.22. The van der Waals surface area contributed by atoms with Gasteiger partial charge in [-0.2, -0.15) is 0 Å². The number of hydrogen-bond acceptors (Lipinski definition) is 5. The summed E-state index contributed by atoms with van der Waals surface area (Å²) >= 11 is 0. The van der Waals surface area contributed by atoms with Gasteiger partial charge in [-0.05, 0) is 43.7 Å². The van der Waals surface area contributed by atoms with E-state index in [-0.39, 0.29) is 4.90 Å². The summed E-state index contributed by atoms with van der Waals surface area (Å²) in [5, 5.41) is 2.74. The molecular weight excluding hydrogens is 404 g/mol. The number of unbranched alkanes of at least 4 members (excludes halogenated alkanes) is 1. The van der Waals surface area contributed by atoms with E-state index in [4.69, 9.17) is 9.47 Å². The Kier molecular flexibility index (Phi) is 8.44. The van der Waals surface area contributed by atoms with E-state index in [0.29, 0.717) is 34.9 Å². The van der Waals surface area contributed by atoms with Crippen molar-refractivity contribution >= 4 is 27.7 Å². The number of nitrogens with one attached hydrogen (secondary N) is 2. The van der Waals surface area contributed by atoms with Crippen LogP contribution in [0.1, 0.15) is 42.6 Å². The summed E-state index contributed by atoms with van der Waals surface area (Å²) in [4.78, 5) is 12.9. The van der Waals surface area contributed by atoms with Crippen LogP contribution in [-0.2, 0) is 10.0 Å². The lowest BCUT2D eigenvalue weighted by Gasteiger charge is -2.14. The van der Waals surface area contributed by atoms with Crippen LogP contribution in [0.3, 0.4) is 0 Å². The molecule has 0 atom stereocenters. The third-order valence-electron chi connectivity index (χ3n) is 4.34. The zero-order chi connectivity index (χ0) is 22.1. The fourth-order valence-electron chi connectivity index (χ4n) is 2.84. The van der Waals surface area contributed by atoms with Crippen LogP contribution in [-0.4, -0.2) is 35.1 Å². The summed E-state index contributed by atoms with van der Waals surface area (Å²) in [5.74, 6) is 0.559. The van der Waals surface area contributed by atoms with Gasteiger partial charge in [-0.1, -0.05) is 31.6 Å². The van der Waals surface area contributed by atoms with Gasteiger partial charge in [-0.3, -0.25) is 4.79 Å². The number of carbonyl (C=O) groups excluding carboxylic acids is 1. The summed E-state index contributed by atoms with van der Waals surface area (Å²) in [5.41, 5.74) is 1.43. The minimum absolute atomic E-state index is 0.0957. The Hall–Kier alpha value is -2.84. The van der Waals surface area contributed by atoms with Crippen molar-refractivity contribution in [1.82, 2.24) is 4.72 Å². The lowest BCUT2D eigenvalue weighted by atomic mass is 10.1. The number of rotatable bonds is 10. The van der Waals surface area contributed by atoms with Crippen LogP contribution < -0.4 is 19.5 Å². The molecule has 7 nitrogen and oxygen atoms in total. The molecule has 1 amide bonds. The Labute approximate surface area is 178 Å². The smallest absolute Gasteiger partial charge is 0.255 e. The van der Waals surface area contributed by atoms with Gasteiger partial charge < -0.3 is 14.8 Å². The Bertz CT molecular complexity index is 1020. The summed E-state index contributed by atoms with van der Waals surface area (Å²) < 4.78 is 38.1. The summed E-state index contributed by atoms with van der Waals surface area (Å²) in [7, 11) is -0.604. The predicted octanol–water partition coefficient (Wildman–Crippen LogP) is 4.07. The minimum atomic E-state index is -3.64. The van der Waals surface area contributed by atoms with Crippen LogP contribution in [0.4, 0.5) is 5.69 Å². The number of methoxy groups -OCH3 is 2. The van der Waals surface area contributed by atoms with Crippen LogP contribution in [0.15, 0.2) is 47.4 Å². The average molecular weight is 433 g/mol. The molecule has 0 spiro atoms. The molecule has 2 N–H and O–H groups in total. The van der Waals surface area contributed by atoms with Crippen LogP contribution in [0.5, 0.6) is 11.5 Å². The Morgan fingerprint density at radius 2 is 1.90 bits per heavy atom. The fourth-order valence-corrected chi connectivity index (χ4v) is 3.96. The minimum Gasteiger partial charge on any atom is -0.493 e. The van der Waals surface area contributed by atoms with E-state index in [9.17, 15) is 13.2 Å². The van der Waals surface area contributed by atoms with Crippen molar-refractivity contribution in [2.24, 2.45) is 0 Å². The van der Waals surface area contributed by atoms with E-state index in [0.717, 1.165) is 12.8 Å². The van der Waals surface area contributed by atoms with Crippen molar-refractivity contribution in [3.63, 3.8) is 0 Å². The van der Waals surface area contributed by atoms with Crippen LogP contribution in [0, 0.1) is 0 Å². The number of sulfonamides is 1. The molecule has 0 unspecified atom stereocenters. The Balaban J connectivity index is 2.29. The van der Waals surface area contributed by atoms with E-state index in [2.05, 4.69) is 10.0 Å². The molecule has 2 rings (SSSR count). The molecule has 0 fully saturated rings. The average Bonchev–Trinajstić information content (AvgIpc) is 2.73. The van der Waals surface area contributed by atoms with Gasteiger partial charge in [-0.25, -0.2) is 13.1 Å². The topological polar surface area (TPSA) is 93.7 Å². The largest absolute Gasteiger partial charge is 0.493 e. The molecule has 0 aromatic heterocycles. The maximum Gasteiger partial charge on any atom is 0.255 e. The number of amides is 1. The molecule has 0 bridgehead atoms. The lowest BCUT2D eigenvalue weighted by molar-refractivity contribution is 0.102. The predicted molar refractivity (Wildman–Crippen MR) is 119 cm³/mol. The SMILES string of the molecule is C/C=C/c1cc(C(=O)Nc2cccc(S(=O)(=O)NCCCC)c2)cc(OC)c1OC. The zero-order valence-corrected chi connectivity index (χ0v) is 18.5. The molecule has 0 aliphatic heterocycles. The molecule has 8 heteroatoms. The van der Waals surface area contributed by atoms with Crippen LogP contribution >= 0.6 is 0 Å². The van der Waals surface area contributed by atoms with Crippen molar-refractivity contribution in [1.29, 1.82) is 0 Å². The van der Waals surface area contributed by atoms with Crippen molar-refractivity contribution in [2.75, 3.05) is 26.1 Å². The van der Waals surface area contributed by atoms with Gasteiger partial charge in [0.15, 0.2) is 11.5 Å². The van der Waals surface area contributed by atoms with Gasteiger partial charge in [0.2, 0.25) is 10.0 Å². The van der Waals surface area contributed by atoms with Crippen LogP contribution in [0.2, 0.25) is 0 Å². The number of allylic oxidation sites excluding steroid dienone is 1. The molecule has 30 heavy (non-hydrogen) atoms. The zero-order valence-electron chi connectivity index (χ0n) is 17.7. The third kappa shape index (κ3) is 5.84. The Morgan fingerprint density at radius 1 is 1.13 bits per heavy atom. The van der Waals surface area contributed by atoms with Crippen molar-refractivity contribution in [3.05, 3.63) is 53.6 Å². The van der Waals surface area contributed by atoms with Crippen LogP contribution in [0.25, 0.3) is 6.08 Å². The lowest BCUT2D eigenvalue weighted by Crippen LogP contribution is -2.24. The highest BCUT2D eigenvalue weighted by molar-refractivity contribution is 7.89. The molecule has 0 saturated heterocycles. The molecule has 2 aromatic carbocycles. The van der Waals surface area contributed by atoms with Crippen molar-refractivity contribution < 1.29 is 22.7 Å². The molecule has 0 heterocycles. The van der Waals surface area contributed by atoms with E-state index < -0.39 is 15.9 Å². The summed E-state index contributed by atoms with van der Waals surface area (Å²) in [6.07, 6.45) is 5.29. The highest BCUT2D eigenvalue weighted by Crippen LogP contribution is 2.34. The second kappa shape index (κ2) is 10.8. The van der Waals surface area contributed by atoms with Gasteiger partial charge in [0.25, 0.3) is 5.91 Å². The first kappa shape index (κ1) is 23.4. The van der Waals surface area contributed by atoms with E-state index >= 15 is 0 Å². The monoisotopic (exact) mass is 432 g/mol. The van der Waals surface area contributed by atoms with Crippen molar-refractivity contribution in [3.8, 4) is 11.5 Å². The van der Waals surface area contributed by atoms with Gasteiger partial charge in [0.05, 0.1) is 19.1 Å². The van der Waals surface area contributed by atoms with Gasteiger partial charge in [0, 0.05) is 23.4 Å². The summed E-state index contributed by atoms with van der Waals surface area (Å²) in [6, 6.07) is 9.41. The van der Waals surface area contributed by atoms with Crippen molar-refractivity contribution in [2.45, 2.75) is 31.6 Å². The van der Waals surface area contributed by atoms with E-state index in [1.165, 1.54) is 26.4 Å². The van der Waals surface area contributed by atoms with Gasteiger partial charge >= 0.3 is 0 Å². The van der Waals surface area contributed by atoms with Gasteiger partial charge in [-0.15, -0.1) is 0 Å². The fraction of sp³-hybridized carbons (Fsp3) is 0.318. The molecule has 162 valence electrons. The molecule has 2 aromatic rings. The van der Waals surface area contributed by atoms with Gasteiger partial charge in [0.1, 0.15) is 0 Å². The molecule has 0 saturated carbocycles. The maximum atomic E-state index is 12.8. The second-order valence-electron chi connectivity index (χ2n) is 6.53. The third-order valence-corrected chi connectivity index (χ3v) is 5.80. The number of hydrogen-bond donors (Lipinski definition) is 2.